The van der Waals surface area contributed by atoms with E-state index in [-0.39, 0.29) is 32.0 Å². The minimum Gasteiger partial charge on any atom is -0.481 e. The predicted octanol–water partition coefficient (Wildman–Crippen LogP) is -0.226. The highest BCUT2D eigenvalue weighted by molar-refractivity contribution is 5.67. The molecule has 0 aliphatic carbocycles. The van der Waals surface area contributed by atoms with Crippen LogP contribution in [0.1, 0.15) is 26.2 Å². The molecule has 6 heteroatoms. The number of carboxylic acids is 1. The third-order valence-electron chi connectivity index (χ3n) is 2.10. The molecule has 0 saturated carbocycles. The van der Waals surface area contributed by atoms with Crippen LogP contribution in [0, 0.1) is 5.92 Å². The summed E-state index contributed by atoms with van der Waals surface area (Å²) in [6.45, 7) is 1.20. The molecule has 6 nitrogen and oxygen atoms in total. The Morgan fingerprint density at radius 2 is 1.94 bits per heavy atom. The van der Waals surface area contributed by atoms with E-state index in [0.29, 0.717) is 6.42 Å². The molecule has 0 radical (unpaired) electrons. The van der Waals surface area contributed by atoms with Crippen molar-refractivity contribution < 1.29 is 29.6 Å². The summed E-state index contributed by atoms with van der Waals surface area (Å²) in [4.78, 5) is 20.8. The molecule has 16 heavy (non-hydrogen) atoms. The Morgan fingerprint density at radius 1 is 1.31 bits per heavy atom. The van der Waals surface area contributed by atoms with Gasteiger partial charge < -0.3 is 20.1 Å². The summed E-state index contributed by atoms with van der Waals surface area (Å²) in [6, 6.07) is 0. The van der Waals surface area contributed by atoms with Crippen LogP contribution in [-0.4, -0.2) is 46.6 Å². The Morgan fingerprint density at radius 3 is 2.38 bits per heavy atom. The van der Waals surface area contributed by atoms with E-state index in [1.165, 1.54) is 6.92 Å². The first-order chi connectivity index (χ1) is 7.45. The molecular formula is C10H18O6. The molecule has 0 amide bonds. The summed E-state index contributed by atoms with van der Waals surface area (Å²) in [5.41, 5.74) is 0. The third-order valence-corrected chi connectivity index (χ3v) is 2.10. The highest BCUT2D eigenvalue weighted by Gasteiger charge is 2.14. The van der Waals surface area contributed by atoms with Crippen LogP contribution in [0.2, 0.25) is 0 Å². The molecule has 3 N–H and O–H groups in total. The lowest BCUT2D eigenvalue weighted by molar-refractivity contribution is -0.142. The maximum atomic E-state index is 10.5. The average Bonchev–Trinajstić information content (AvgIpc) is 2.16. The summed E-state index contributed by atoms with van der Waals surface area (Å²) in [6.07, 6.45) is -0.563. The number of hydrogen-bond donors (Lipinski definition) is 3. The molecule has 0 aromatic carbocycles. The number of hydrogen-bond acceptors (Lipinski definition) is 5. The van der Waals surface area contributed by atoms with Crippen molar-refractivity contribution in [1.82, 2.24) is 0 Å². The maximum Gasteiger partial charge on any atom is 0.305 e. The zero-order valence-corrected chi connectivity index (χ0v) is 9.26. The lowest BCUT2D eigenvalue weighted by Crippen LogP contribution is -2.20. The van der Waals surface area contributed by atoms with Crippen LogP contribution >= 0.6 is 0 Å². The predicted molar refractivity (Wildman–Crippen MR) is 54.7 cm³/mol. The molecule has 0 saturated heterocycles. The van der Waals surface area contributed by atoms with Gasteiger partial charge in [-0.1, -0.05) is 0 Å². The molecule has 0 fully saturated rings. The summed E-state index contributed by atoms with van der Waals surface area (Å²) in [5.74, 6) is -1.75. The average molecular weight is 234 g/mol. The molecule has 0 heterocycles. The van der Waals surface area contributed by atoms with Gasteiger partial charge in [-0.25, -0.2) is 0 Å². The van der Waals surface area contributed by atoms with Crippen LogP contribution in [0.5, 0.6) is 0 Å². The third kappa shape index (κ3) is 8.19. The van der Waals surface area contributed by atoms with Crippen molar-refractivity contribution in [2.45, 2.75) is 32.3 Å². The quantitative estimate of drug-likeness (QED) is 0.501. The minimum atomic E-state index is -1.06. The molecule has 0 rings (SSSR count). The van der Waals surface area contributed by atoms with Crippen molar-refractivity contribution in [2.24, 2.45) is 5.92 Å². The van der Waals surface area contributed by atoms with Crippen molar-refractivity contribution in [3.05, 3.63) is 0 Å². The van der Waals surface area contributed by atoms with Crippen LogP contribution < -0.4 is 0 Å². The zero-order valence-electron chi connectivity index (χ0n) is 9.26. The standard InChI is InChI=1S/C10H18O6/c1-7(12)16-6-8(5-11)2-3-9(13)4-10(14)15/h8-9,11,13H,2-6H2,1H3,(H,14,15). The Kier molecular flexibility index (Phi) is 7.49. The number of aliphatic hydroxyl groups excluding tert-OH is 2. The number of carboxylic acid groups (broad SMARTS) is 1. The molecule has 0 aliphatic rings. The highest BCUT2D eigenvalue weighted by Crippen LogP contribution is 2.11. The van der Waals surface area contributed by atoms with Gasteiger partial charge in [0.1, 0.15) is 0 Å². The Labute approximate surface area is 93.8 Å². The Hall–Kier alpha value is -1.14. The lowest BCUT2D eigenvalue weighted by Gasteiger charge is -2.15. The van der Waals surface area contributed by atoms with E-state index in [1.807, 2.05) is 0 Å². The van der Waals surface area contributed by atoms with E-state index in [2.05, 4.69) is 0 Å². The van der Waals surface area contributed by atoms with E-state index < -0.39 is 18.0 Å². The second kappa shape index (κ2) is 8.06. The summed E-state index contributed by atoms with van der Waals surface area (Å²) in [5, 5.41) is 26.6. The van der Waals surface area contributed by atoms with Gasteiger partial charge in [-0.15, -0.1) is 0 Å². The van der Waals surface area contributed by atoms with Gasteiger partial charge in [-0.3, -0.25) is 9.59 Å². The molecule has 2 atom stereocenters. The first-order valence-electron chi connectivity index (χ1n) is 5.09. The number of esters is 1. The van der Waals surface area contributed by atoms with Crippen LogP contribution in [0.4, 0.5) is 0 Å². The van der Waals surface area contributed by atoms with Gasteiger partial charge in [0.05, 0.1) is 19.1 Å². The second-order valence-corrected chi connectivity index (χ2v) is 3.68. The maximum absolute atomic E-state index is 10.5. The monoisotopic (exact) mass is 234 g/mol. The van der Waals surface area contributed by atoms with Crippen LogP contribution in [0.3, 0.4) is 0 Å². The first kappa shape index (κ1) is 14.9. The molecule has 0 spiro atoms. The fourth-order valence-corrected chi connectivity index (χ4v) is 1.19. The van der Waals surface area contributed by atoms with Crippen molar-refractivity contribution in [2.75, 3.05) is 13.2 Å². The number of ether oxygens (including phenoxy) is 1. The van der Waals surface area contributed by atoms with Crippen molar-refractivity contribution in [3.8, 4) is 0 Å². The van der Waals surface area contributed by atoms with Gasteiger partial charge in [0.2, 0.25) is 0 Å². The van der Waals surface area contributed by atoms with E-state index in [4.69, 9.17) is 14.9 Å². The molecule has 0 aromatic heterocycles. The number of rotatable bonds is 8. The van der Waals surface area contributed by atoms with E-state index >= 15 is 0 Å². The molecule has 0 aromatic rings. The van der Waals surface area contributed by atoms with Crippen molar-refractivity contribution in [1.29, 1.82) is 0 Å². The zero-order chi connectivity index (χ0) is 12.6. The largest absolute Gasteiger partial charge is 0.481 e. The fraction of sp³-hybridized carbons (Fsp3) is 0.800. The van der Waals surface area contributed by atoms with Crippen molar-refractivity contribution >= 4 is 11.9 Å². The van der Waals surface area contributed by atoms with Crippen LogP contribution in [-0.2, 0) is 14.3 Å². The molecule has 2 unspecified atom stereocenters. The molecule has 0 aliphatic heterocycles. The number of aliphatic carboxylic acids is 1. The SMILES string of the molecule is CC(=O)OCC(CO)CCC(O)CC(=O)O. The van der Waals surface area contributed by atoms with Gasteiger partial charge in [-0.2, -0.15) is 0 Å². The fourth-order valence-electron chi connectivity index (χ4n) is 1.19. The number of aliphatic hydroxyl groups is 2. The number of carbonyl (C=O) groups excluding carboxylic acids is 1. The molecular weight excluding hydrogens is 216 g/mol. The van der Waals surface area contributed by atoms with E-state index in [0.717, 1.165) is 0 Å². The highest BCUT2D eigenvalue weighted by atomic mass is 16.5. The Balaban J connectivity index is 3.76. The lowest BCUT2D eigenvalue weighted by atomic mass is 10.0. The van der Waals surface area contributed by atoms with E-state index in [1.54, 1.807) is 0 Å². The van der Waals surface area contributed by atoms with Gasteiger partial charge in [-0.05, 0) is 12.8 Å². The van der Waals surface area contributed by atoms with Gasteiger partial charge >= 0.3 is 11.9 Å². The molecule has 0 bridgehead atoms. The van der Waals surface area contributed by atoms with Gasteiger partial charge in [0.25, 0.3) is 0 Å². The topological polar surface area (TPSA) is 104 Å². The summed E-state index contributed by atoms with van der Waals surface area (Å²) in [7, 11) is 0. The molecule has 94 valence electrons. The van der Waals surface area contributed by atoms with Crippen LogP contribution in [0.25, 0.3) is 0 Å². The normalized spacial score (nSPS) is 14.2. The first-order valence-corrected chi connectivity index (χ1v) is 5.09. The van der Waals surface area contributed by atoms with E-state index in [9.17, 15) is 14.7 Å². The summed E-state index contributed by atoms with van der Waals surface area (Å²) < 4.78 is 4.71. The minimum absolute atomic E-state index is 0.0889. The smallest absolute Gasteiger partial charge is 0.305 e. The number of carbonyl (C=O) groups is 2. The second-order valence-electron chi connectivity index (χ2n) is 3.68. The Bertz CT molecular complexity index is 227. The van der Waals surface area contributed by atoms with Gasteiger partial charge in [0, 0.05) is 19.4 Å². The van der Waals surface area contributed by atoms with Gasteiger partial charge in [0.15, 0.2) is 0 Å². The van der Waals surface area contributed by atoms with Crippen molar-refractivity contribution in [3.63, 3.8) is 0 Å². The summed E-state index contributed by atoms with van der Waals surface area (Å²) >= 11 is 0. The van der Waals surface area contributed by atoms with Crippen LogP contribution in [0.15, 0.2) is 0 Å².